The molecule has 0 radical (unpaired) electrons. The van der Waals surface area contributed by atoms with Crippen molar-refractivity contribution < 1.29 is 0 Å². The fourth-order valence-corrected chi connectivity index (χ4v) is 3.67. The van der Waals surface area contributed by atoms with Crippen LogP contribution in [0.2, 0.25) is 10.0 Å². The molecule has 1 heterocycles. The molecule has 1 aliphatic carbocycles. The van der Waals surface area contributed by atoms with Gasteiger partial charge in [0.15, 0.2) is 0 Å². The van der Waals surface area contributed by atoms with Crippen LogP contribution in [0, 0.1) is 5.92 Å². The van der Waals surface area contributed by atoms with Crippen LogP contribution in [0.3, 0.4) is 0 Å². The summed E-state index contributed by atoms with van der Waals surface area (Å²) in [4.78, 5) is 2.44. The summed E-state index contributed by atoms with van der Waals surface area (Å²) in [5.41, 5.74) is 1.71. The summed E-state index contributed by atoms with van der Waals surface area (Å²) >= 11 is 12.1. The molecule has 3 heteroatoms. The van der Waals surface area contributed by atoms with Crippen LogP contribution in [-0.4, -0.2) is 24.5 Å². The molecule has 2 aliphatic rings. The molecule has 1 unspecified atom stereocenters. The number of hydrogen-bond donors (Lipinski definition) is 0. The molecule has 0 N–H and O–H groups in total. The highest BCUT2D eigenvalue weighted by Crippen LogP contribution is 2.62. The number of likely N-dealkylation sites (N-methyl/N-ethyl adjacent to an activating group) is 1. The minimum absolute atomic E-state index is 0.350. The smallest absolute Gasteiger partial charge is 0.0595 e. The van der Waals surface area contributed by atoms with Gasteiger partial charge < -0.3 is 4.90 Å². The van der Waals surface area contributed by atoms with Crippen LogP contribution in [0.15, 0.2) is 18.2 Å². The number of likely N-dealkylation sites (tertiary alicyclic amines) is 1. The standard InChI is InChI=1S/C13H15Cl2N/c1-8-13(6-10(13)7-16(8)2)9-3-4-11(14)12(15)5-9/h3-5,8,10H,6-7H2,1-2H3/t8-,10?,13-/m0/s1. The highest BCUT2D eigenvalue weighted by Gasteiger charge is 2.64. The summed E-state index contributed by atoms with van der Waals surface area (Å²) in [6, 6.07) is 6.73. The van der Waals surface area contributed by atoms with Gasteiger partial charge in [-0.2, -0.15) is 0 Å². The normalized spacial score (nSPS) is 37.5. The lowest BCUT2D eigenvalue weighted by atomic mass is 9.89. The van der Waals surface area contributed by atoms with Crippen LogP contribution < -0.4 is 0 Å². The first kappa shape index (κ1) is 10.9. The van der Waals surface area contributed by atoms with Crippen LogP contribution in [0.25, 0.3) is 0 Å². The van der Waals surface area contributed by atoms with E-state index in [0.29, 0.717) is 21.5 Å². The van der Waals surface area contributed by atoms with Crippen molar-refractivity contribution in [3.05, 3.63) is 33.8 Å². The average Bonchev–Trinajstić information content (AvgIpc) is 2.90. The van der Waals surface area contributed by atoms with E-state index < -0.39 is 0 Å². The second-order valence-electron chi connectivity index (χ2n) is 5.19. The van der Waals surface area contributed by atoms with Crippen LogP contribution in [0.4, 0.5) is 0 Å². The van der Waals surface area contributed by atoms with Crippen molar-refractivity contribution in [2.24, 2.45) is 5.92 Å². The molecule has 1 saturated carbocycles. The Kier molecular flexibility index (Phi) is 2.30. The van der Waals surface area contributed by atoms with Crippen molar-refractivity contribution in [3.8, 4) is 0 Å². The first-order valence-electron chi connectivity index (χ1n) is 5.71. The quantitative estimate of drug-likeness (QED) is 0.742. The van der Waals surface area contributed by atoms with Crippen LogP contribution in [-0.2, 0) is 5.41 Å². The second-order valence-corrected chi connectivity index (χ2v) is 6.00. The number of piperidine rings is 1. The molecule has 0 spiro atoms. The minimum Gasteiger partial charge on any atom is -0.302 e. The molecule has 1 aliphatic heterocycles. The zero-order chi connectivity index (χ0) is 11.5. The van der Waals surface area contributed by atoms with Gasteiger partial charge in [-0.05, 0) is 44.0 Å². The summed E-state index contributed by atoms with van der Waals surface area (Å²) in [6.07, 6.45) is 1.30. The van der Waals surface area contributed by atoms with E-state index in [1.54, 1.807) is 0 Å². The average molecular weight is 256 g/mol. The molecule has 3 rings (SSSR count). The molecular formula is C13H15Cl2N. The Balaban J connectivity index is 2.02. The summed E-state index contributed by atoms with van der Waals surface area (Å²) in [5.74, 6) is 0.810. The first-order chi connectivity index (χ1) is 7.55. The summed E-state index contributed by atoms with van der Waals surface area (Å²) in [7, 11) is 2.20. The van der Waals surface area contributed by atoms with Gasteiger partial charge in [0, 0.05) is 18.0 Å². The monoisotopic (exact) mass is 255 g/mol. The molecule has 86 valence electrons. The predicted molar refractivity (Wildman–Crippen MR) is 68.3 cm³/mol. The van der Waals surface area contributed by atoms with E-state index in [1.807, 2.05) is 6.07 Å². The van der Waals surface area contributed by atoms with Crippen molar-refractivity contribution in [2.45, 2.75) is 24.8 Å². The van der Waals surface area contributed by atoms with Crippen LogP contribution in [0.1, 0.15) is 18.9 Å². The third-order valence-corrected chi connectivity index (χ3v) is 5.26. The van der Waals surface area contributed by atoms with E-state index in [1.165, 1.54) is 18.5 Å². The molecule has 2 fully saturated rings. The van der Waals surface area contributed by atoms with E-state index in [4.69, 9.17) is 23.2 Å². The van der Waals surface area contributed by atoms with E-state index in [2.05, 4.69) is 31.0 Å². The van der Waals surface area contributed by atoms with E-state index in [0.717, 1.165) is 5.92 Å². The number of benzene rings is 1. The van der Waals surface area contributed by atoms with Crippen LogP contribution >= 0.6 is 23.2 Å². The summed E-state index contributed by atoms with van der Waals surface area (Å²) in [6.45, 7) is 3.52. The number of hydrogen-bond acceptors (Lipinski definition) is 1. The summed E-state index contributed by atoms with van der Waals surface area (Å²) in [5, 5.41) is 1.33. The van der Waals surface area contributed by atoms with E-state index in [9.17, 15) is 0 Å². The maximum Gasteiger partial charge on any atom is 0.0595 e. The Morgan fingerprint density at radius 2 is 2.06 bits per heavy atom. The molecule has 16 heavy (non-hydrogen) atoms. The SMILES string of the molecule is C[C@@H]1N(C)CC2C[C@]21c1ccc(Cl)c(Cl)c1. The van der Waals surface area contributed by atoms with Gasteiger partial charge in [-0.1, -0.05) is 29.3 Å². The lowest BCUT2D eigenvalue weighted by Crippen LogP contribution is -2.33. The van der Waals surface area contributed by atoms with E-state index in [-0.39, 0.29) is 0 Å². The maximum absolute atomic E-state index is 6.11. The van der Waals surface area contributed by atoms with Gasteiger partial charge in [-0.15, -0.1) is 0 Å². The van der Waals surface area contributed by atoms with Gasteiger partial charge in [-0.3, -0.25) is 0 Å². The van der Waals surface area contributed by atoms with Crippen molar-refractivity contribution in [2.75, 3.05) is 13.6 Å². The molecule has 0 aromatic heterocycles. The van der Waals surface area contributed by atoms with Gasteiger partial charge >= 0.3 is 0 Å². The zero-order valence-corrected chi connectivity index (χ0v) is 11.0. The molecule has 1 aromatic rings. The third kappa shape index (κ3) is 1.28. The number of fused-ring (bicyclic) bond motifs is 1. The fraction of sp³-hybridized carbons (Fsp3) is 0.538. The lowest BCUT2D eigenvalue weighted by molar-refractivity contribution is 0.273. The van der Waals surface area contributed by atoms with Crippen LogP contribution in [0.5, 0.6) is 0 Å². The third-order valence-electron chi connectivity index (χ3n) is 4.52. The number of nitrogens with zero attached hydrogens (tertiary/aromatic N) is 1. The summed E-state index contributed by atoms with van der Waals surface area (Å²) < 4.78 is 0. The Bertz CT molecular complexity index is 446. The maximum atomic E-state index is 6.11. The predicted octanol–water partition coefficient (Wildman–Crippen LogP) is 3.59. The molecule has 1 aromatic carbocycles. The lowest BCUT2D eigenvalue weighted by Gasteiger charge is -2.26. The van der Waals surface area contributed by atoms with E-state index >= 15 is 0 Å². The molecule has 0 amide bonds. The topological polar surface area (TPSA) is 3.24 Å². The highest BCUT2D eigenvalue weighted by atomic mass is 35.5. The fourth-order valence-electron chi connectivity index (χ4n) is 3.37. The van der Waals surface area contributed by atoms with Crippen molar-refractivity contribution >= 4 is 23.2 Å². The van der Waals surface area contributed by atoms with Gasteiger partial charge in [0.25, 0.3) is 0 Å². The van der Waals surface area contributed by atoms with Crippen molar-refractivity contribution in [1.29, 1.82) is 0 Å². The molecule has 0 bridgehead atoms. The van der Waals surface area contributed by atoms with Crippen molar-refractivity contribution in [3.63, 3.8) is 0 Å². The largest absolute Gasteiger partial charge is 0.302 e. The van der Waals surface area contributed by atoms with Gasteiger partial charge in [0.1, 0.15) is 0 Å². The second kappa shape index (κ2) is 3.38. The Hall–Kier alpha value is -0.240. The number of rotatable bonds is 1. The highest BCUT2D eigenvalue weighted by molar-refractivity contribution is 6.42. The minimum atomic E-state index is 0.350. The molecule has 1 saturated heterocycles. The molecular weight excluding hydrogens is 241 g/mol. The Labute approximate surface area is 106 Å². The van der Waals surface area contributed by atoms with Crippen molar-refractivity contribution in [1.82, 2.24) is 4.90 Å². The Morgan fingerprint density at radius 3 is 2.62 bits per heavy atom. The number of halogens is 2. The molecule has 3 atom stereocenters. The molecule has 1 nitrogen and oxygen atoms in total. The van der Waals surface area contributed by atoms with Gasteiger partial charge in [-0.25, -0.2) is 0 Å². The zero-order valence-electron chi connectivity index (χ0n) is 9.50. The first-order valence-corrected chi connectivity index (χ1v) is 6.47. The van der Waals surface area contributed by atoms with Gasteiger partial charge in [0.2, 0.25) is 0 Å². The van der Waals surface area contributed by atoms with Gasteiger partial charge in [0.05, 0.1) is 10.0 Å². The Morgan fingerprint density at radius 1 is 1.31 bits per heavy atom.